The highest BCUT2D eigenvalue weighted by atomic mass is 32.2. The van der Waals surface area contributed by atoms with Gasteiger partial charge in [-0.2, -0.15) is 0 Å². The molecule has 2 unspecified atom stereocenters. The van der Waals surface area contributed by atoms with Crippen LogP contribution in [-0.4, -0.2) is 31.5 Å². The van der Waals surface area contributed by atoms with Gasteiger partial charge in [-0.1, -0.05) is 26.7 Å². The topological polar surface area (TPSA) is 46.2 Å². The maximum absolute atomic E-state index is 12.5. The van der Waals surface area contributed by atoms with Crippen LogP contribution in [0, 0.1) is 0 Å². The van der Waals surface area contributed by atoms with Crippen LogP contribution in [0.2, 0.25) is 0 Å². The van der Waals surface area contributed by atoms with Gasteiger partial charge in [0.25, 0.3) is 0 Å². The van der Waals surface area contributed by atoms with Crippen molar-refractivity contribution in [3.8, 4) is 0 Å². The molecule has 1 aliphatic carbocycles. The summed E-state index contributed by atoms with van der Waals surface area (Å²) in [5.41, 5.74) is 0. The Hall–Kier alpha value is -0.0900. The molecule has 0 spiro atoms. The molecule has 1 saturated carbocycles. The van der Waals surface area contributed by atoms with E-state index in [9.17, 15) is 8.42 Å². The summed E-state index contributed by atoms with van der Waals surface area (Å²) < 4.78 is 24.9. The van der Waals surface area contributed by atoms with Crippen LogP contribution in [0.15, 0.2) is 0 Å². The second kappa shape index (κ2) is 6.74. The van der Waals surface area contributed by atoms with Crippen LogP contribution in [0.25, 0.3) is 0 Å². The molecule has 1 aliphatic rings. The first-order valence-electron chi connectivity index (χ1n) is 7.00. The minimum atomic E-state index is -2.94. The van der Waals surface area contributed by atoms with Gasteiger partial charge < -0.3 is 5.32 Å². The molecule has 0 aromatic rings. The van der Waals surface area contributed by atoms with Crippen molar-refractivity contribution >= 4 is 9.84 Å². The van der Waals surface area contributed by atoms with Crippen molar-refractivity contribution in [2.24, 2.45) is 0 Å². The Labute approximate surface area is 106 Å². The smallest absolute Gasteiger partial charge is 0.157 e. The monoisotopic (exact) mass is 261 g/mol. The molecular weight excluding hydrogens is 234 g/mol. The van der Waals surface area contributed by atoms with Crippen LogP contribution in [0.1, 0.15) is 59.3 Å². The fourth-order valence-corrected chi connectivity index (χ4v) is 5.07. The van der Waals surface area contributed by atoms with Gasteiger partial charge in [0.2, 0.25) is 0 Å². The normalized spacial score (nSPS) is 21.6. The fraction of sp³-hybridized carbons (Fsp3) is 1.00. The molecule has 0 aromatic heterocycles. The third-order valence-corrected chi connectivity index (χ3v) is 6.71. The lowest BCUT2D eigenvalue weighted by Gasteiger charge is -2.26. The first-order chi connectivity index (χ1) is 8.04. The van der Waals surface area contributed by atoms with Gasteiger partial charge in [-0.25, -0.2) is 8.42 Å². The minimum Gasteiger partial charge on any atom is -0.313 e. The van der Waals surface area contributed by atoms with Gasteiger partial charge in [0.05, 0.1) is 10.5 Å². The zero-order valence-electron chi connectivity index (χ0n) is 11.4. The Kier molecular flexibility index (Phi) is 5.93. The minimum absolute atomic E-state index is 0.0741. The van der Waals surface area contributed by atoms with E-state index >= 15 is 0 Å². The SMILES string of the molecule is CCCNC(CC)C(C)S(=O)(=O)C1CCCC1. The molecule has 0 saturated heterocycles. The summed E-state index contributed by atoms with van der Waals surface area (Å²) in [6.07, 6.45) is 5.83. The van der Waals surface area contributed by atoms with Gasteiger partial charge in [-0.05, 0) is 39.2 Å². The largest absolute Gasteiger partial charge is 0.313 e. The lowest BCUT2D eigenvalue weighted by molar-refractivity contribution is 0.467. The van der Waals surface area contributed by atoms with E-state index < -0.39 is 9.84 Å². The van der Waals surface area contributed by atoms with Crippen LogP contribution >= 0.6 is 0 Å². The van der Waals surface area contributed by atoms with Gasteiger partial charge in [0.15, 0.2) is 9.84 Å². The number of sulfone groups is 1. The summed E-state index contributed by atoms with van der Waals surface area (Å²) in [7, 11) is -2.94. The zero-order chi connectivity index (χ0) is 12.9. The molecule has 1 rings (SSSR count). The maximum Gasteiger partial charge on any atom is 0.157 e. The summed E-state index contributed by atoms with van der Waals surface area (Å²) in [5.74, 6) is 0. The summed E-state index contributed by atoms with van der Waals surface area (Å²) in [4.78, 5) is 0. The summed E-state index contributed by atoms with van der Waals surface area (Å²) in [6, 6.07) is 0.112. The Morgan fingerprint density at radius 1 is 1.24 bits per heavy atom. The molecule has 17 heavy (non-hydrogen) atoms. The predicted octanol–water partition coefficient (Wildman–Crippen LogP) is 2.51. The Morgan fingerprint density at radius 3 is 2.29 bits per heavy atom. The van der Waals surface area contributed by atoms with Crippen LogP contribution in [0.4, 0.5) is 0 Å². The van der Waals surface area contributed by atoms with E-state index in [0.717, 1.165) is 45.1 Å². The van der Waals surface area contributed by atoms with Crippen molar-refractivity contribution in [1.29, 1.82) is 0 Å². The van der Waals surface area contributed by atoms with Crippen molar-refractivity contribution < 1.29 is 8.42 Å². The quantitative estimate of drug-likeness (QED) is 0.766. The maximum atomic E-state index is 12.5. The standard InChI is InChI=1S/C13H27NO2S/c1-4-10-14-13(5-2)11(3)17(15,16)12-8-6-7-9-12/h11-14H,4-10H2,1-3H3. The highest BCUT2D eigenvalue weighted by Gasteiger charge is 2.36. The first kappa shape index (κ1) is 15.0. The molecule has 102 valence electrons. The second-order valence-corrected chi connectivity index (χ2v) is 7.76. The molecule has 0 aliphatic heterocycles. The lowest BCUT2D eigenvalue weighted by atomic mass is 10.1. The lowest BCUT2D eigenvalue weighted by Crippen LogP contribution is -2.45. The molecule has 2 atom stereocenters. The summed E-state index contributed by atoms with van der Waals surface area (Å²) in [6.45, 7) is 6.96. The van der Waals surface area contributed by atoms with E-state index in [4.69, 9.17) is 0 Å². The van der Waals surface area contributed by atoms with Gasteiger partial charge >= 0.3 is 0 Å². The van der Waals surface area contributed by atoms with E-state index in [2.05, 4.69) is 19.2 Å². The molecule has 3 nitrogen and oxygen atoms in total. The van der Waals surface area contributed by atoms with Crippen molar-refractivity contribution in [2.45, 2.75) is 75.8 Å². The van der Waals surface area contributed by atoms with Crippen LogP contribution in [0.5, 0.6) is 0 Å². The first-order valence-corrected chi connectivity index (χ1v) is 8.61. The highest BCUT2D eigenvalue weighted by molar-refractivity contribution is 7.92. The molecule has 1 N–H and O–H groups in total. The summed E-state index contributed by atoms with van der Waals surface area (Å²) >= 11 is 0. The van der Waals surface area contributed by atoms with E-state index in [1.54, 1.807) is 0 Å². The van der Waals surface area contributed by atoms with Crippen molar-refractivity contribution in [1.82, 2.24) is 5.32 Å². The molecule has 0 heterocycles. The number of hydrogen-bond donors (Lipinski definition) is 1. The van der Waals surface area contributed by atoms with Crippen molar-refractivity contribution in [2.75, 3.05) is 6.54 Å². The van der Waals surface area contributed by atoms with Gasteiger partial charge in [-0.15, -0.1) is 0 Å². The Balaban J connectivity index is 2.67. The third-order valence-electron chi connectivity index (χ3n) is 3.95. The van der Waals surface area contributed by atoms with Gasteiger partial charge in [-0.3, -0.25) is 0 Å². The number of hydrogen-bond acceptors (Lipinski definition) is 3. The molecule has 0 aromatic carbocycles. The average molecular weight is 261 g/mol. The van der Waals surface area contributed by atoms with Crippen molar-refractivity contribution in [3.63, 3.8) is 0 Å². The molecule has 0 amide bonds. The second-order valence-electron chi connectivity index (χ2n) is 5.17. The molecule has 1 fully saturated rings. The average Bonchev–Trinajstić information content (AvgIpc) is 2.83. The Bertz CT molecular complexity index is 307. The third kappa shape index (κ3) is 3.68. The highest BCUT2D eigenvalue weighted by Crippen LogP contribution is 2.28. The van der Waals surface area contributed by atoms with Crippen molar-refractivity contribution in [3.05, 3.63) is 0 Å². The van der Waals surface area contributed by atoms with Crippen LogP contribution in [-0.2, 0) is 9.84 Å². The summed E-state index contributed by atoms with van der Waals surface area (Å²) in [5, 5.41) is 3.05. The van der Waals surface area contributed by atoms with Crippen LogP contribution in [0.3, 0.4) is 0 Å². The molecule has 0 bridgehead atoms. The van der Waals surface area contributed by atoms with E-state index in [-0.39, 0.29) is 16.5 Å². The van der Waals surface area contributed by atoms with E-state index in [0.29, 0.717) is 0 Å². The Morgan fingerprint density at radius 2 is 1.82 bits per heavy atom. The van der Waals surface area contributed by atoms with E-state index in [1.165, 1.54) is 0 Å². The molecular formula is C13H27NO2S. The number of rotatable bonds is 7. The number of nitrogens with one attached hydrogen (secondary N) is 1. The van der Waals surface area contributed by atoms with Crippen LogP contribution < -0.4 is 5.32 Å². The fourth-order valence-electron chi connectivity index (χ4n) is 2.72. The van der Waals surface area contributed by atoms with Gasteiger partial charge in [0, 0.05) is 6.04 Å². The molecule has 4 heteroatoms. The van der Waals surface area contributed by atoms with E-state index in [1.807, 2.05) is 6.92 Å². The zero-order valence-corrected chi connectivity index (χ0v) is 12.2. The van der Waals surface area contributed by atoms with Gasteiger partial charge in [0.1, 0.15) is 0 Å². The molecule has 0 radical (unpaired) electrons. The predicted molar refractivity (Wildman–Crippen MR) is 73.0 cm³/mol.